The van der Waals surface area contributed by atoms with E-state index in [1.165, 1.54) is 11.3 Å². The maximum Gasteiger partial charge on any atom is 0.405 e. The van der Waals surface area contributed by atoms with Crippen LogP contribution in [-0.4, -0.2) is 48.1 Å². The Labute approximate surface area is 139 Å². The van der Waals surface area contributed by atoms with Gasteiger partial charge < -0.3 is 5.32 Å². The molecule has 3 amide bonds. The number of rotatable bonds is 5. The second-order valence-corrected chi connectivity index (χ2v) is 6.21. The molecule has 1 aromatic carbocycles. The van der Waals surface area contributed by atoms with E-state index in [9.17, 15) is 22.8 Å². The van der Waals surface area contributed by atoms with E-state index in [-0.39, 0.29) is 6.54 Å². The van der Waals surface area contributed by atoms with Gasteiger partial charge in [-0.05, 0) is 19.2 Å². The van der Waals surface area contributed by atoms with Gasteiger partial charge in [-0.25, -0.2) is 9.78 Å². The molecule has 2 aromatic rings. The van der Waals surface area contributed by atoms with Crippen molar-refractivity contribution in [1.82, 2.24) is 20.5 Å². The molecule has 0 saturated carbocycles. The zero-order valence-electron chi connectivity index (χ0n) is 12.7. The smallest absolute Gasteiger partial charge is 0.329 e. The second kappa shape index (κ2) is 7.58. The van der Waals surface area contributed by atoms with Gasteiger partial charge in [-0.3, -0.25) is 15.0 Å². The third kappa shape index (κ3) is 5.78. The summed E-state index contributed by atoms with van der Waals surface area (Å²) in [6, 6.07) is 6.43. The highest BCUT2D eigenvalue weighted by Crippen LogP contribution is 2.22. The molecule has 0 aliphatic heterocycles. The number of likely N-dealkylation sites (N-methyl/N-ethyl adjacent to an activating group) is 1. The third-order valence-electron chi connectivity index (χ3n) is 2.86. The minimum atomic E-state index is -4.52. The number of hydrogen-bond donors (Lipinski definition) is 2. The number of carbonyl (C=O) groups is 2. The number of nitrogens with one attached hydrogen (secondary N) is 2. The highest BCUT2D eigenvalue weighted by Gasteiger charge is 2.28. The second-order valence-electron chi connectivity index (χ2n) is 5.09. The Bertz CT molecular complexity index is 699. The first-order chi connectivity index (χ1) is 11.2. The molecule has 6 nitrogen and oxygen atoms in total. The van der Waals surface area contributed by atoms with E-state index in [0.717, 1.165) is 15.2 Å². The van der Waals surface area contributed by atoms with Crippen LogP contribution in [0.5, 0.6) is 0 Å². The van der Waals surface area contributed by atoms with Crippen LogP contribution < -0.4 is 10.6 Å². The van der Waals surface area contributed by atoms with Crippen LogP contribution in [0.2, 0.25) is 0 Å². The van der Waals surface area contributed by atoms with Crippen LogP contribution >= 0.6 is 11.3 Å². The fourth-order valence-electron chi connectivity index (χ4n) is 1.91. The van der Waals surface area contributed by atoms with Crippen molar-refractivity contribution in [3.63, 3.8) is 0 Å². The molecular weight excluding hydrogens is 345 g/mol. The topological polar surface area (TPSA) is 74.3 Å². The van der Waals surface area contributed by atoms with E-state index >= 15 is 0 Å². The first kappa shape index (κ1) is 18.1. The Morgan fingerprint density at radius 2 is 2.00 bits per heavy atom. The normalized spacial score (nSPS) is 11.7. The van der Waals surface area contributed by atoms with Gasteiger partial charge in [-0.1, -0.05) is 12.1 Å². The summed E-state index contributed by atoms with van der Waals surface area (Å²) in [5.74, 6) is -0.696. The van der Waals surface area contributed by atoms with Gasteiger partial charge in [-0.2, -0.15) is 13.2 Å². The van der Waals surface area contributed by atoms with Crippen LogP contribution in [-0.2, 0) is 11.3 Å². The summed E-state index contributed by atoms with van der Waals surface area (Å²) in [6.07, 6.45) is -4.52. The number of urea groups is 1. The molecular formula is C14H15F3N4O2S. The summed E-state index contributed by atoms with van der Waals surface area (Å²) in [7, 11) is 1.65. The van der Waals surface area contributed by atoms with E-state index in [1.807, 2.05) is 29.6 Å². The molecule has 10 heteroatoms. The first-order valence-electron chi connectivity index (χ1n) is 6.90. The SMILES string of the molecule is CN(CC(=O)NC(=O)NCC(F)(F)F)Cc1nc2ccccc2s1. The van der Waals surface area contributed by atoms with E-state index < -0.39 is 24.7 Å². The number of hydrogen-bond acceptors (Lipinski definition) is 5. The number of imide groups is 1. The molecule has 0 spiro atoms. The van der Waals surface area contributed by atoms with Crippen molar-refractivity contribution in [1.29, 1.82) is 0 Å². The summed E-state index contributed by atoms with van der Waals surface area (Å²) < 4.78 is 36.9. The standard InChI is InChI=1S/C14H15F3N4O2S/c1-21(6-11(22)20-13(23)18-8-14(15,16)17)7-12-19-9-4-2-3-5-10(9)24-12/h2-5H,6-8H2,1H3,(H2,18,20,22,23). The van der Waals surface area contributed by atoms with Crippen LogP contribution in [0.25, 0.3) is 10.2 Å². The van der Waals surface area contributed by atoms with Crippen LogP contribution in [0.15, 0.2) is 24.3 Å². The quantitative estimate of drug-likeness (QED) is 0.857. The first-order valence-corrected chi connectivity index (χ1v) is 7.72. The maximum atomic E-state index is 12.0. The van der Waals surface area contributed by atoms with Crippen molar-refractivity contribution in [3.05, 3.63) is 29.3 Å². The number of nitrogens with zero attached hydrogens (tertiary/aromatic N) is 2. The highest BCUT2D eigenvalue weighted by molar-refractivity contribution is 7.18. The van der Waals surface area contributed by atoms with Gasteiger partial charge in [-0.15, -0.1) is 11.3 Å². The van der Waals surface area contributed by atoms with E-state index in [0.29, 0.717) is 6.54 Å². The van der Waals surface area contributed by atoms with Gasteiger partial charge in [0.05, 0.1) is 23.3 Å². The molecule has 0 atom stereocenters. The van der Waals surface area contributed by atoms with Gasteiger partial charge in [0.15, 0.2) is 0 Å². The number of benzene rings is 1. The zero-order chi connectivity index (χ0) is 17.7. The Balaban J connectivity index is 1.80. The summed E-state index contributed by atoms with van der Waals surface area (Å²) >= 11 is 1.49. The minimum absolute atomic E-state index is 0.143. The van der Waals surface area contributed by atoms with Crippen molar-refractivity contribution in [2.45, 2.75) is 12.7 Å². The molecule has 1 heterocycles. The Morgan fingerprint density at radius 1 is 1.29 bits per heavy atom. The molecule has 2 N–H and O–H groups in total. The number of amides is 3. The van der Waals surface area contributed by atoms with Crippen molar-refractivity contribution < 1.29 is 22.8 Å². The number of para-hydroxylation sites is 1. The monoisotopic (exact) mass is 360 g/mol. The summed E-state index contributed by atoms with van der Waals surface area (Å²) in [4.78, 5) is 28.9. The molecule has 0 aliphatic carbocycles. The van der Waals surface area contributed by atoms with Gasteiger partial charge in [0, 0.05) is 0 Å². The lowest BCUT2D eigenvalue weighted by Crippen LogP contribution is -2.46. The highest BCUT2D eigenvalue weighted by atomic mass is 32.1. The predicted molar refractivity (Wildman–Crippen MR) is 83.6 cm³/mol. The fourth-order valence-corrected chi connectivity index (χ4v) is 2.96. The number of carbonyl (C=O) groups excluding carboxylic acids is 2. The van der Waals surface area contributed by atoms with Crippen LogP contribution in [0, 0.1) is 0 Å². The molecule has 130 valence electrons. The van der Waals surface area contributed by atoms with Crippen LogP contribution in [0.1, 0.15) is 5.01 Å². The fraction of sp³-hybridized carbons (Fsp3) is 0.357. The largest absolute Gasteiger partial charge is 0.405 e. The number of halogens is 3. The molecule has 0 bridgehead atoms. The maximum absolute atomic E-state index is 12.0. The van der Waals surface area contributed by atoms with Crippen LogP contribution in [0.4, 0.5) is 18.0 Å². The minimum Gasteiger partial charge on any atom is -0.329 e. The number of aromatic nitrogens is 1. The van der Waals surface area contributed by atoms with E-state index in [1.54, 1.807) is 17.3 Å². The molecule has 2 rings (SSSR count). The molecule has 0 fully saturated rings. The number of alkyl halides is 3. The Hall–Kier alpha value is -2.20. The van der Waals surface area contributed by atoms with Gasteiger partial charge in [0.1, 0.15) is 11.6 Å². The predicted octanol–water partition coefficient (Wildman–Crippen LogP) is 2.12. The summed E-state index contributed by atoms with van der Waals surface area (Å²) in [5, 5.41) is 4.22. The van der Waals surface area contributed by atoms with Crippen molar-refractivity contribution in [2.24, 2.45) is 0 Å². The van der Waals surface area contributed by atoms with E-state index in [4.69, 9.17) is 0 Å². The average molecular weight is 360 g/mol. The molecule has 0 saturated heterocycles. The van der Waals surface area contributed by atoms with Crippen molar-refractivity contribution in [2.75, 3.05) is 20.1 Å². The number of thiazole rings is 1. The lowest BCUT2D eigenvalue weighted by molar-refractivity contribution is -0.125. The zero-order valence-corrected chi connectivity index (χ0v) is 13.5. The van der Waals surface area contributed by atoms with Gasteiger partial charge in [0.2, 0.25) is 5.91 Å². The Kier molecular flexibility index (Phi) is 5.73. The molecule has 0 unspecified atom stereocenters. The summed E-state index contributed by atoms with van der Waals surface area (Å²) in [5.41, 5.74) is 0.863. The van der Waals surface area contributed by atoms with Crippen molar-refractivity contribution in [3.8, 4) is 0 Å². The molecule has 0 aliphatic rings. The number of fused-ring (bicyclic) bond motifs is 1. The summed E-state index contributed by atoms with van der Waals surface area (Å²) in [6.45, 7) is -1.25. The lowest BCUT2D eigenvalue weighted by Gasteiger charge is -2.14. The molecule has 0 radical (unpaired) electrons. The van der Waals surface area contributed by atoms with Gasteiger partial charge in [0.25, 0.3) is 0 Å². The molecule has 1 aromatic heterocycles. The molecule has 24 heavy (non-hydrogen) atoms. The lowest BCUT2D eigenvalue weighted by atomic mass is 10.3. The third-order valence-corrected chi connectivity index (χ3v) is 3.88. The van der Waals surface area contributed by atoms with E-state index in [2.05, 4.69) is 4.98 Å². The van der Waals surface area contributed by atoms with Crippen molar-refractivity contribution >= 4 is 33.5 Å². The van der Waals surface area contributed by atoms with Gasteiger partial charge >= 0.3 is 12.2 Å². The van der Waals surface area contributed by atoms with Crippen LogP contribution in [0.3, 0.4) is 0 Å². The Morgan fingerprint density at radius 3 is 2.67 bits per heavy atom. The average Bonchev–Trinajstić information content (AvgIpc) is 2.86.